The van der Waals surface area contributed by atoms with E-state index in [4.69, 9.17) is 0 Å². The van der Waals surface area contributed by atoms with E-state index < -0.39 is 11.4 Å². The van der Waals surface area contributed by atoms with E-state index in [1.165, 1.54) is 11.3 Å². The van der Waals surface area contributed by atoms with E-state index in [0.717, 1.165) is 16.1 Å². The summed E-state index contributed by atoms with van der Waals surface area (Å²) < 4.78 is 0. The maximum Gasteiger partial charge on any atom is 0.311 e. The van der Waals surface area contributed by atoms with E-state index in [1.807, 2.05) is 31.2 Å². The molecule has 1 atom stereocenters. The third-order valence-corrected chi connectivity index (χ3v) is 5.25. The highest BCUT2D eigenvalue weighted by Crippen LogP contribution is 2.32. The first kappa shape index (κ1) is 15.7. The molecular formula is C17H18N2O3S. The number of carboxylic acid groups (broad SMARTS) is 1. The van der Waals surface area contributed by atoms with Crippen LogP contribution in [0.2, 0.25) is 0 Å². The summed E-state index contributed by atoms with van der Waals surface area (Å²) in [7, 11) is 0. The monoisotopic (exact) mass is 330 g/mol. The Hall–Kier alpha value is -2.21. The molecule has 1 N–H and O–H groups in total. The minimum absolute atomic E-state index is 0.189. The average Bonchev–Trinajstić information content (AvgIpc) is 3.15. The molecule has 1 saturated heterocycles. The summed E-state index contributed by atoms with van der Waals surface area (Å²) in [6, 6.07) is 7.91. The van der Waals surface area contributed by atoms with Crippen molar-refractivity contribution in [2.45, 2.75) is 20.3 Å². The standard InChI is InChI=1S/C17H18N2O3S/c1-11-5-3-4-6-12(11)14-18-13(9-23-14)15(20)19-8-7-17(2,10-19)16(21)22/h3-6,9H,7-8,10H2,1-2H3,(H,21,22). The van der Waals surface area contributed by atoms with Gasteiger partial charge in [-0.15, -0.1) is 11.3 Å². The molecule has 2 heterocycles. The summed E-state index contributed by atoms with van der Waals surface area (Å²) in [4.78, 5) is 29.9. The summed E-state index contributed by atoms with van der Waals surface area (Å²) in [6.07, 6.45) is 0.475. The largest absolute Gasteiger partial charge is 0.481 e. The first-order valence-corrected chi connectivity index (χ1v) is 8.33. The first-order valence-electron chi connectivity index (χ1n) is 7.45. The lowest BCUT2D eigenvalue weighted by Crippen LogP contribution is -2.35. The van der Waals surface area contributed by atoms with Crippen LogP contribution in [-0.2, 0) is 4.79 Å². The Labute approximate surface area is 138 Å². The number of hydrogen-bond donors (Lipinski definition) is 1. The van der Waals surface area contributed by atoms with Gasteiger partial charge in [-0.1, -0.05) is 24.3 Å². The number of rotatable bonds is 3. The quantitative estimate of drug-likeness (QED) is 0.939. The number of aromatic nitrogens is 1. The molecule has 0 saturated carbocycles. The number of likely N-dealkylation sites (tertiary alicyclic amines) is 1. The second-order valence-electron chi connectivity index (χ2n) is 6.20. The van der Waals surface area contributed by atoms with Crippen molar-refractivity contribution < 1.29 is 14.7 Å². The fourth-order valence-electron chi connectivity index (χ4n) is 2.78. The molecule has 1 amide bonds. The third-order valence-electron chi connectivity index (χ3n) is 4.38. The molecule has 6 heteroatoms. The van der Waals surface area contributed by atoms with Gasteiger partial charge in [0.15, 0.2) is 0 Å². The summed E-state index contributed by atoms with van der Waals surface area (Å²) in [5.41, 5.74) is 1.67. The van der Waals surface area contributed by atoms with Crippen molar-refractivity contribution >= 4 is 23.2 Å². The number of hydrogen-bond acceptors (Lipinski definition) is 4. The Balaban J connectivity index is 1.80. The topological polar surface area (TPSA) is 70.5 Å². The predicted octanol–water partition coefficient (Wildman–Crippen LogP) is 3.06. The van der Waals surface area contributed by atoms with Gasteiger partial charge in [-0.25, -0.2) is 4.98 Å². The molecule has 1 aliphatic heterocycles. The van der Waals surface area contributed by atoms with Crippen molar-refractivity contribution in [1.29, 1.82) is 0 Å². The molecule has 0 spiro atoms. The van der Waals surface area contributed by atoms with Crippen LogP contribution < -0.4 is 0 Å². The maximum absolute atomic E-state index is 12.6. The fraction of sp³-hybridized carbons (Fsp3) is 0.353. The van der Waals surface area contributed by atoms with Crippen LogP contribution in [0.4, 0.5) is 0 Å². The van der Waals surface area contributed by atoms with E-state index in [-0.39, 0.29) is 12.5 Å². The average molecular weight is 330 g/mol. The summed E-state index contributed by atoms with van der Waals surface area (Å²) >= 11 is 1.44. The normalized spacial score (nSPS) is 20.7. The van der Waals surface area contributed by atoms with E-state index in [1.54, 1.807) is 17.2 Å². The second-order valence-corrected chi connectivity index (χ2v) is 7.05. The van der Waals surface area contributed by atoms with Crippen LogP contribution in [0.3, 0.4) is 0 Å². The maximum atomic E-state index is 12.6. The van der Waals surface area contributed by atoms with Crippen LogP contribution >= 0.6 is 11.3 Å². The van der Waals surface area contributed by atoms with E-state index in [0.29, 0.717) is 18.7 Å². The third kappa shape index (κ3) is 2.86. The second kappa shape index (κ2) is 5.77. The van der Waals surface area contributed by atoms with Gasteiger partial charge in [0.2, 0.25) is 0 Å². The minimum atomic E-state index is -0.857. The molecule has 0 aliphatic carbocycles. The minimum Gasteiger partial charge on any atom is -0.481 e. The molecule has 1 aromatic heterocycles. The Morgan fingerprint density at radius 1 is 1.35 bits per heavy atom. The van der Waals surface area contributed by atoms with Gasteiger partial charge >= 0.3 is 5.97 Å². The van der Waals surface area contributed by atoms with Crippen LogP contribution in [0.15, 0.2) is 29.6 Å². The highest BCUT2D eigenvalue weighted by Gasteiger charge is 2.42. The Bertz CT molecular complexity index is 771. The number of carbonyl (C=O) groups excluding carboxylic acids is 1. The van der Waals surface area contributed by atoms with E-state index in [2.05, 4.69) is 4.98 Å². The van der Waals surface area contributed by atoms with Gasteiger partial charge in [0.1, 0.15) is 10.7 Å². The molecular weight excluding hydrogens is 312 g/mol. The predicted molar refractivity (Wildman–Crippen MR) is 88.6 cm³/mol. The van der Waals surface area contributed by atoms with Gasteiger partial charge in [0.05, 0.1) is 5.41 Å². The molecule has 3 rings (SSSR count). The Kier molecular flexibility index (Phi) is 3.93. The lowest BCUT2D eigenvalue weighted by atomic mass is 9.90. The first-order chi connectivity index (χ1) is 10.9. The number of aryl methyl sites for hydroxylation is 1. The molecule has 1 fully saturated rings. The van der Waals surface area contributed by atoms with Gasteiger partial charge < -0.3 is 10.0 Å². The zero-order chi connectivity index (χ0) is 16.6. The smallest absolute Gasteiger partial charge is 0.311 e. The molecule has 5 nitrogen and oxygen atoms in total. The van der Waals surface area contributed by atoms with Crippen molar-refractivity contribution in [3.63, 3.8) is 0 Å². The van der Waals surface area contributed by atoms with Crippen LogP contribution in [-0.4, -0.2) is 40.0 Å². The molecule has 2 aromatic rings. The number of carbonyl (C=O) groups is 2. The van der Waals surface area contributed by atoms with Crippen molar-refractivity contribution in [2.24, 2.45) is 5.41 Å². The van der Waals surface area contributed by atoms with Crippen molar-refractivity contribution in [2.75, 3.05) is 13.1 Å². The zero-order valence-corrected chi connectivity index (χ0v) is 13.9. The number of aliphatic carboxylic acids is 1. The molecule has 0 bridgehead atoms. The number of benzene rings is 1. The van der Waals surface area contributed by atoms with Crippen molar-refractivity contribution in [1.82, 2.24) is 9.88 Å². The van der Waals surface area contributed by atoms with Gasteiger partial charge in [-0.05, 0) is 25.8 Å². The lowest BCUT2D eigenvalue weighted by Gasteiger charge is -2.19. The van der Waals surface area contributed by atoms with Crippen molar-refractivity contribution in [3.8, 4) is 10.6 Å². The highest BCUT2D eigenvalue weighted by molar-refractivity contribution is 7.13. The van der Waals surface area contributed by atoms with Crippen LogP contribution in [0.25, 0.3) is 10.6 Å². The summed E-state index contributed by atoms with van der Waals surface area (Å²) in [6.45, 7) is 4.39. The molecule has 1 aliphatic rings. The van der Waals surface area contributed by atoms with Gasteiger partial charge in [-0.3, -0.25) is 9.59 Å². The summed E-state index contributed by atoms with van der Waals surface area (Å²) in [5, 5.41) is 11.8. The van der Waals surface area contributed by atoms with Gasteiger partial charge in [-0.2, -0.15) is 0 Å². The molecule has 1 aromatic carbocycles. The van der Waals surface area contributed by atoms with E-state index in [9.17, 15) is 14.7 Å². The van der Waals surface area contributed by atoms with Crippen LogP contribution in [0.1, 0.15) is 29.4 Å². The van der Waals surface area contributed by atoms with E-state index >= 15 is 0 Å². The molecule has 120 valence electrons. The molecule has 0 radical (unpaired) electrons. The fourth-order valence-corrected chi connectivity index (χ4v) is 3.66. The lowest BCUT2D eigenvalue weighted by molar-refractivity contribution is -0.147. The molecule has 23 heavy (non-hydrogen) atoms. The number of carboxylic acids is 1. The number of nitrogens with zero attached hydrogens (tertiary/aromatic N) is 2. The molecule has 1 unspecified atom stereocenters. The van der Waals surface area contributed by atoms with Crippen molar-refractivity contribution in [3.05, 3.63) is 40.9 Å². The Morgan fingerprint density at radius 3 is 2.74 bits per heavy atom. The van der Waals surface area contributed by atoms with Gasteiger partial charge in [0.25, 0.3) is 5.91 Å². The zero-order valence-electron chi connectivity index (χ0n) is 13.1. The SMILES string of the molecule is Cc1ccccc1-c1nc(C(=O)N2CCC(C)(C(=O)O)C2)cs1. The Morgan fingerprint density at radius 2 is 2.09 bits per heavy atom. The number of amides is 1. The van der Waals surface area contributed by atoms with Crippen LogP contribution in [0, 0.1) is 12.3 Å². The van der Waals surface area contributed by atoms with Crippen LogP contribution in [0.5, 0.6) is 0 Å². The number of thiazole rings is 1. The summed E-state index contributed by atoms with van der Waals surface area (Å²) in [5.74, 6) is -1.04. The highest BCUT2D eigenvalue weighted by atomic mass is 32.1. The van der Waals surface area contributed by atoms with Gasteiger partial charge in [0, 0.05) is 24.0 Å².